The normalized spacial score (nSPS) is 15.6. The smallest absolute Gasteiger partial charge is 0.433 e. The molecular weight excluding hydrogens is 449 g/mol. The molecule has 0 atom stereocenters. The molecule has 1 aliphatic carbocycles. The summed E-state index contributed by atoms with van der Waals surface area (Å²) in [4.78, 5) is 34.6. The van der Waals surface area contributed by atoms with Crippen molar-refractivity contribution in [2.24, 2.45) is 5.92 Å². The maximum absolute atomic E-state index is 13.2. The van der Waals surface area contributed by atoms with Crippen LogP contribution in [0.4, 0.5) is 24.8 Å². The predicted molar refractivity (Wildman–Crippen MR) is 117 cm³/mol. The Labute approximate surface area is 192 Å². The van der Waals surface area contributed by atoms with Crippen LogP contribution in [0.2, 0.25) is 0 Å². The molecule has 174 valence electrons. The zero-order valence-electron chi connectivity index (χ0n) is 17.8. The van der Waals surface area contributed by atoms with Gasteiger partial charge in [-0.2, -0.15) is 13.2 Å². The van der Waals surface area contributed by atoms with E-state index in [-0.39, 0.29) is 23.5 Å². The topological polar surface area (TPSA) is 84.4 Å². The van der Waals surface area contributed by atoms with Gasteiger partial charge in [-0.25, -0.2) is 9.97 Å². The molecule has 10 heteroatoms. The highest BCUT2D eigenvalue weighted by Crippen LogP contribution is 2.32. The summed E-state index contributed by atoms with van der Waals surface area (Å²) >= 11 is 0. The summed E-state index contributed by atoms with van der Waals surface area (Å²) in [5, 5.41) is 2.78. The molecule has 1 fully saturated rings. The maximum Gasteiger partial charge on any atom is 0.433 e. The van der Waals surface area contributed by atoms with E-state index >= 15 is 0 Å². The van der Waals surface area contributed by atoms with Crippen LogP contribution in [0.5, 0.6) is 11.5 Å². The third kappa shape index (κ3) is 4.57. The zero-order valence-corrected chi connectivity index (χ0v) is 17.8. The minimum Gasteiger partial charge on any atom is -0.456 e. The van der Waals surface area contributed by atoms with Crippen LogP contribution in [0.1, 0.15) is 34.5 Å². The van der Waals surface area contributed by atoms with E-state index in [9.17, 15) is 22.8 Å². The van der Waals surface area contributed by atoms with Crippen molar-refractivity contribution < 1.29 is 27.5 Å². The molecule has 0 spiro atoms. The molecule has 1 saturated carbocycles. The van der Waals surface area contributed by atoms with Crippen LogP contribution in [0.15, 0.2) is 54.7 Å². The molecule has 1 N–H and O–H groups in total. The van der Waals surface area contributed by atoms with Gasteiger partial charge in [-0.05, 0) is 61.2 Å². The Morgan fingerprint density at radius 2 is 1.88 bits per heavy atom. The molecule has 2 amide bonds. The summed E-state index contributed by atoms with van der Waals surface area (Å²) < 4.78 is 43.8. The highest BCUT2D eigenvalue weighted by atomic mass is 19.4. The van der Waals surface area contributed by atoms with Crippen LogP contribution >= 0.6 is 0 Å². The number of pyridine rings is 2. The number of hydrogen-bond donors (Lipinski definition) is 1. The number of amides is 2. The minimum atomic E-state index is -4.54. The Balaban J connectivity index is 1.34. The fourth-order valence-electron chi connectivity index (χ4n) is 3.70. The summed E-state index contributed by atoms with van der Waals surface area (Å²) in [5.41, 5.74) is 0.231. The first kappa shape index (κ1) is 21.9. The van der Waals surface area contributed by atoms with Crippen LogP contribution in [0.25, 0.3) is 0 Å². The number of benzene rings is 1. The van der Waals surface area contributed by atoms with Crippen molar-refractivity contribution in [2.75, 3.05) is 16.8 Å². The lowest BCUT2D eigenvalue weighted by atomic mass is 9.98. The lowest BCUT2D eigenvalue weighted by Gasteiger charge is -2.28. The molecule has 34 heavy (non-hydrogen) atoms. The molecule has 1 aliphatic heterocycles. The van der Waals surface area contributed by atoms with Gasteiger partial charge in [-0.3, -0.25) is 14.5 Å². The number of carbonyl (C=O) groups is 2. The van der Waals surface area contributed by atoms with Gasteiger partial charge in [0.25, 0.3) is 5.91 Å². The Bertz CT molecular complexity index is 1260. The van der Waals surface area contributed by atoms with Crippen LogP contribution in [-0.2, 0) is 17.4 Å². The van der Waals surface area contributed by atoms with E-state index in [4.69, 9.17) is 4.74 Å². The fraction of sp³-hybridized carbons (Fsp3) is 0.250. The number of fused-ring (bicyclic) bond motifs is 1. The van der Waals surface area contributed by atoms with Gasteiger partial charge in [0.15, 0.2) is 0 Å². The standard InChI is InChI=1S/C24H19F3N4O3/c25-24(26,27)19-9-8-17(13-28-19)34-16-7-6-14-10-11-31(23(33)18(14)12-16)21-3-1-2-20(29-21)30-22(32)15-4-5-15/h1-3,6-9,12-13,15H,4-5,10-11H2,(H,29,30,32). The molecule has 2 aliphatic rings. The van der Waals surface area contributed by atoms with Crippen molar-refractivity contribution in [3.63, 3.8) is 0 Å². The Hall–Kier alpha value is -3.95. The van der Waals surface area contributed by atoms with E-state index in [0.717, 1.165) is 30.7 Å². The fourth-order valence-corrected chi connectivity index (χ4v) is 3.70. The Kier molecular flexibility index (Phi) is 5.43. The molecule has 0 bridgehead atoms. The number of anilines is 2. The summed E-state index contributed by atoms with van der Waals surface area (Å²) in [7, 11) is 0. The number of nitrogens with one attached hydrogen (secondary N) is 1. The number of rotatable bonds is 5. The first-order valence-corrected chi connectivity index (χ1v) is 10.7. The lowest BCUT2D eigenvalue weighted by molar-refractivity contribution is -0.141. The second-order valence-corrected chi connectivity index (χ2v) is 8.15. The maximum atomic E-state index is 13.2. The molecule has 0 radical (unpaired) electrons. The zero-order chi connectivity index (χ0) is 23.9. The van der Waals surface area contributed by atoms with E-state index < -0.39 is 11.9 Å². The summed E-state index contributed by atoms with van der Waals surface area (Å²) in [6.07, 6.45) is -1.21. The monoisotopic (exact) mass is 468 g/mol. The van der Waals surface area contributed by atoms with Gasteiger partial charge in [0.2, 0.25) is 5.91 Å². The van der Waals surface area contributed by atoms with Gasteiger partial charge in [-0.1, -0.05) is 12.1 Å². The highest BCUT2D eigenvalue weighted by molar-refractivity contribution is 6.08. The molecule has 5 rings (SSSR count). The first-order valence-electron chi connectivity index (χ1n) is 10.7. The number of hydrogen-bond acceptors (Lipinski definition) is 5. The van der Waals surface area contributed by atoms with Crippen molar-refractivity contribution in [3.05, 3.63) is 71.5 Å². The van der Waals surface area contributed by atoms with E-state index in [1.165, 1.54) is 11.0 Å². The van der Waals surface area contributed by atoms with Gasteiger partial charge >= 0.3 is 6.18 Å². The van der Waals surface area contributed by atoms with Gasteiger partial charge in [0.1, 0.15) is 28.8 Å². The molecule has 1 aromatic carbocycles. The van der Waals surface area contributed by atoms with Crippen molar-refractivity contribution in [2.45, 2.75) is 25.4 Å². The van der Waals surface area contributed by atoms with Crippen LogP contribution < -0.4 is 15.0 Å². The molecule has 0 saturated heterocycles. The molecule has 7 nitrogen and oxygen atoms in total. The van der Waals surface area contributed by atoms with Gasteiger partial charge in [0.05, 0.1) is 6.20 Å². The number of ether oxygens (including phenoxy) is 1. The quantitative estimate of drug-likeness (QED) is 0.579. The van der Waals surface area contributed by atoms with Crippen molar-refractivity contribution in [1.82, 2.24) is 9.97 Å². The molecule has 0 unspecified atom stereocenters. The number of carbonyl (C=O) groups excluding carboxylic acids is 2. The number of alkyl halides is 3. The summed E-state index contributed by atoms with van der Waals surface area (Å²) in [5.74, 6) is 0.910. The van der Waals surface area contributed by atoms with Crippen molar-refractivity contribution in [3.8, 4) is 11.5 Å². The van der Waals surface area contributed by atoms with Crippen LogP contribution in [0, 0.1) is 5.92 Å². The van der Waals surface area contributed by atoms with Crippen molar-refractivity contribution in [1.29, 1.82) is 0 Å². The second kappa shape index (κ2) is 8.44. The Morgan fingerprint density at radius 1 is 1.09 bits per heavy atom. The average molecular weight is 468 g/mol. The number of nitrogens with zero attached hydrogens (tertiary/aromatic N) is 3. The summed E-state index contributed by atoms with van der Waals surface area (Å²) in [6, 6.07) is 12.1. The summed E-state index contributed by atoms with van der Waals surface area (Å²) in [6.45, 7) is 0.419. The van der Waals surface area contributed by atoms with Crippen LogP contribution in [-0.4, -0.2) is 28.3 Å². The first-order chi connectivity index (χ1) is 16.3. The third-order valence-electron chi connectivity index (χ3n) is 5.63. The van der Waals surface area contributed by atoms with Crippen molar-refractivity contribution >= 4 is 23.5 Å². The highest BCUT2D eigenvalue weighted by Gasteiger charge is 2.32. The lowest BCUT2D eigenvalue weighted by Crippen LogP contribution is -2.38. The minimum absolute atomic E-state index is 0.0345. The molecule has 3 aromatic rings. The molecular formula is C24H19F3N4O3. The van der Waals surface area contributed by atoms with E-state index in [2.05, 4.69) is 15.3 Å². The largest absolute Gasteiger partial charge is 0.456 e. The molecule has 2 aromatic heterocycles. The van der Waals surface area contributed by atoms with E-state index in [1.807, 2.05) is 0 Å². The van der Waals surface area contributed by atoms with Crippen LogP contribution in [0.3, 0.4) is 0 Å². The van der Waals surface area contributed by atoms with E-state index in [1.54, 1.807) is 36.4 Å². The molecule has 3 heterocycles. The number of halogens is 3. The predicted octanol–water partition coefficient (Wildman–Crippen LogP) is 4.84. The third-order valence-corrected chi connectivity index (χ3v) is 5.63. The van der Waals surface area contributed by atoms with Gasteiger partial charge < -0.3 is 10.1 Å². The average Bonchev–Trinajstić information content (AvgIpc) is 3.65. The number of aromatic nitrogens is 2. The van der Waals surface area contributed by atoms with Gasteiger partial charge in [-0.15, -0.1) is 0 Å². The Morgan fingerprint density at radius 3 is 2.59 bits per heavy atom. The van der Waals surface area contributed by atoms with E-state index in [0.29, 0.717) is 35.9 Å². The second-order valence-electron chi connectivity index (χ2n) is 8.15. The SMILES string of the molecule is O=C(Nc1cccc(N2CCc3ccc(Oc4ccc(C(F)(F)F)nc4)cc3C2=O)n1)C1CC1. The van der Waals surface area contributed by atoms with Gasteiger partial charge in [0, 0.05) is 18.0 Å².